The Hall–Kier alpha value is -2.73. The van der Waals surface area contributed by atoms with E-state index in [0.29, 0.717) is 13.0 Å². The maximum atomic E-state index is 11.5. The fraction of sp³-hybridized carbons (Fsp3) is 0.375. The number of thiophene rings is 1. The van der Waals surface area contributed by atoms with E-state index in [9.17, 15) is 25.2 Å². The number of benzene rings is 2. The van der Waals surface area contributed by atoms with Crippen LogP contribution in [0.4, 0.5) is 0 Å². The van der Waals surface area contributed by atoms with Crippen molar-refractivity contribution in [3.8, 4) is 11.5 Å². The molecule has 9 nitrogen and oxygen atoms in total. The lowest BCUT2D eigenvalue weighted by molar-refractivity contribution is -0.270. The summed E-state index contributed by atoms with van der Waals surface area (Å²) >= 11 is 1.39. The van der Waals surface area contributed by atoms with Crippen LogP contribution in [-0.4, -0.2) is 70.7 Å². The molecule has 6 atom stereocenters. The first-order chi connectivity index (χ1) is 18.9. The summed E-state index contributed by atoms with van der Waals surface area (Å²) in [5.41, 5.74) is 0. The molecule has 0 aliphatic carbocycles. The second-order valence-electron chi connectivity index (χ2n) is 7.53. The minimum atomic E-state index is -2.02. The molecule has 0 bridgehead atoms. The van der Waals surface area contributed by atoms with Gasteiger partial charge in [-0.25, -0.2) is 4.79 Å². The zero-order chi connectivity index (χ0) is 29.5. The van der Waals surface area contributed by atoms with Crippen molar-refractivity contribution in [2.45, 2.75) is 43.2 Å². The summed E-state index contributed by atoms with van der Waals surface area (Å²) in [6.45, 7) is 0.510. The van der Waals surface area contributed by atoms with Crippen LogP contribution in [0, 0.1) is 0 Å². The molecule has 1 aliphatic heterocycles. The third-order valence-corrected chi connectivity index (χ3v) is 6.22. The fourth-order valence-corrected chi connectivity index (χ4v) is 4.27. The van der Waals surface area contributed by atoms with Crippen LogP contribution in [-0.2, 0) is 9.53 Å². The van der Waals surface area contributed by atoms with Crippen LogP contribution in [0.15, 0.2) is 53.8 Å². The monoisotopic (exact) mass is 495 g/mol. The van der Waals surface area contributed by atoms with Crippen molar-refractivity contribution in [1.82, 2.24) is 5.32 Å². The Morgan fingerprint density at radius 3 is 2.50 bits per heavy atom. The number of hydrogen-bond donors (Lipinski definition) is 5. The van der Waals surface area contributed by atoms with Crippen LogP contribution in [0.25, 0.3) is 10.8 Å². The van der Waals surface area contributed by atoms with Gasteiger partial charge in [0.2, 0.25) is 6.29 Å². The average molecular weight is 496 g/mol. The maximum Gasteiger partial charge on any atom is 0.335 e. The van der Waals surface area contributed by atoms with Gasteiger partial charge in [-0.3, -0.25) is 0 Å². The summed E-state index contributed by atoms with van der Waals surface area (Å²) in [6.07, 6.45) is -10.3. The number of carboxylic acid groups (broad SMARTS) is 1. The highest BCUT2D eigenvalue weighted by atomic mass is 32.1. The van der Waals surface area contributed by atoms with Crippen molar-refractivity contribution in [1.29, 1.82) is 0 Å². The third-order valence-electron chi connectivity index (χ3n) is 5.26. The lowest BCUT2D eigenvalue weighted by Gasteiger charge is -2.38. The van der Waals surface area contributed by atoms with E-state index in [-0.39, 0.29) is 16.5 Å². The quantitative estimate of drug-likeness (QED) is 0.301. The molecule has 2 heterocycles. The predicted octanol–water partition coefficient (Wildman–Crippen LogP) is 1.90. The van der Waals surface area contributed by atoms with Crippen molar-refractivity contribution in [3.05, 3.63) is 58.6 Å². The SMILES string of the molecule is [2H]c1c([2H])c([2H])c2c(O[C@@H](CCNC)c3cccs3)c([2H])c([2H])c(O[C@@H]3OC(C(=O)O)[C@@H](O)[C@H](O)[C@@H]3O)c2c1[2H]. The van der Waals surface area contributed by atoms with Crippen molar-refractivity contribution >= 4 is 28.1 Å². The van der Waals surface area contributed by atoms with Crippen LogP contribution < -0.4 is 14.8 Å². The molecule has 34 heavy (non-hydrogen) atoms. The van der Waals surface area contributed by atoms with Crippen LogP contribution in [0.5, 0.6) is 11.5 Å². The largest absolute Gasteiger partial charge is 0.484 e. The minimum absolute atomic E-state index is 0.270. The van der Waals surface area contributed by atoms with E-state index < -0.39 is 84.8 Å². The fourth-order valence-electron chi connectivity index (χ4n) is 3.49. The number of fused-ring (bicyclic) bond motifs is 1. The van der Waals surface area contributed by atoms with Gasteiger partial charge in [0.05, 0.1) is 8.22 Å². The number of hydrogen-bond acceptors (Lipinski definition) is 9. The van der Waals surface area contributed by atoms with Crippen molar-refractivity contribution < 1.29 is 47.7 Å². The standard InChI is InChI=1S/C24H27NO8S/c1-25-11-10-17(18-7-4-12-34-18)31-15-8-9-16(14-6-3-2-5-13(14)15)32-24-21(28)19(26)20(27)22(33-24)23(29)30/h2-9,12,17,19-22,24-28H,10-11H2,1H3,(H,29,30)/t17-,19-,20-,21-,22?,24+/m0/s1/i2D,3D,5D,6D,8D,9D. The Labute approximate surface area is 208 Å². The van der Waals surface area contributed by atoms with Gasteiger partial charge in [-0.05, 0) is 37.1 Å². The number of carboxylic acids is 1. The highest BCUT2D eigenvalue weighted by molar-refractivity contribution is 7.10. The summed E-state index contributed by atoms with van der Waals surface area (Å²) < 4.78 is 67.8. The van der Waals surface area contributed by atoms with Crippen LogP contribution in [0.2, 0.25) is 0 Å². The molecule has 0 saturated carbocycles. The maximum absolute atomic E-state index is 11.5. The summed E-state index contributed by atoms with van der Waals surface area (Å²) in [5, 5.41) is 44.2. The summed E-state index contributed by atoms with van der Waals surface area (Å²) in [7, 11) is 1.74. The van der Waals surface area contributed by atoms with Gasteiger partial charge in [-0.15, -0.1) is 11.3 Å². The minimum Gasteiger partial charge on any atom is -0.484 e. The zero-order valence-electron chi connectivity index (χ0n) is 23.9. The Morgan fingerprint density at radius 1 is 1.15 bits per heavy atom. The molecule has 5 N–H and O–H groups in total. The Bertz CT molecular complexity index is 1410. The highest BCUT2D eigenvalue weighted by Gasteiger charge is 2.48. The van der Waals surface area contributed by atoms with Crippen molar-refractivity contribution in [2.24, 2.45) is 0 Å². The molecule has 1 aromatic heterocycles. The van der Waals surface area contributed by atoms with Gasteiger partial charge in [0.1, 0.15) is 35.9 Å². The Kier molecular flexibility index (Phi) is 5.55. The molecule has 10 heteroatoms. The van der Waals surface area contributed by atoms with Crippen LogP contribution in [0.3, 0.4) is 0 Å². The van der Waals surface area contributed by atoms with E-state index in [4.69, 9.17) is 22.4 Å². The first-order valence-corrected chi connectivity index (χ1v) is 11.3. The second-order valence-corrected chi connectivity index (χ2v) is 8.50. The van der Waals surface area contributed by atoms with Gasteiger partial charge >= 0.3 is 5.97 Å². The summed E-state index contributed by atoms with van der Waals surface area (Å²) in [4.78, 5) is 12.3. The Balaban J connectivity index is 1.91. The van der Waals surface area contributed by atoms with Gasteiger partial charge in [-0.2, -0.15) is 0 Å². The number of rotatable bonds is 9. The van der Waals surface area contributed by atoms with Gasteiger partial charge in [0.15, 0.2) is 6.10 Å². The molecular formula is C24H27NO8S. The molecule has 1 saturated heterocycles. The molecule has 0 radical (unpaired) electrons. The molecule has 1 aliphatic rings. The number of nitrogens with one attached hydrogen (secondary N) is 1. The average Bonchev–Trinajstić information content (AvgIpc) is 3.46. The Morgan fingerprint density at radius 2 is 1.85 bits per heavy atom. The molecule has 1 unspecified atom stereocenters. The van der Waals surface area contributed by atoms with E-state index in [2.05, 4.69) is 5.32 Å². The van der Waals surface area contributed by atoms with Crippen molar-refractivity contribution in [3.63, 3.8) is 0 Å². The predicted molar refractivity (Wildman–Crippen MR) is 125 cm³/mol. The van der Waals surface area contributed by atoms with Crippen molar-refractivity contribution in [2.75, 3.05) is 13.6 Å². The molecule has 4 rings (SSSR count). The molecule has 182 valence electrons. The summed E-state index contributed by atoms with van der Waals surface area (Å²) in [6, 6.07) is -0.217. The number of ether oxygens (including phenoxy) is 3. The molecule has 1 fully saturated rings. The lowest BCUT2D eigenvalue weighted by atomic mass is 9.99. The number of aliphatic hydroxyl groups is 3. The number of carbonyl (C=O) groups is 1. The van der Waals surface area contributed by atoms with E-state index in [0.717, 1.165) is 4.88 Å². The molecular weight excluding hydrogens is 462 g/mol. The van der Waals surface area contributed by atoms with Gasteiger partial charge in [0, 0.05) is 22.1 Å². The van der Waals surface area contributed by atoms with E-state index in [1.165, 1.54) is 11.3 Å². The number of aliphatic carboxylic acids is 1. The second kappa shape index (κ2) is 10.7. The van der Waals surface area contributed by atoms with Gasteiger partial charge in [-0.1, -0.05) is 30.2 Å². The third kappa shape index (κ3) is 5.02. The summed E-state index contributed by atoms with van der Waals surface area (Å²) in [5.74, 6) is -2.59. The topological polar surface area (TPSA) is 138 Å². The van der Waals surface area contributed by atoms with Crippen LogP contribution >= 0.6 is 11.3 Å². The molecule has 0 spiro atoms. The first kappa shape index (κ1) is 17.7. The lowest BCUT2D eigenvalue weighted by Crippen LogP contribution is -2.61. The van der Waals surface area contributed by atoms with Crippen LogP contribution in [0.1, 0.15) is 25.6 Å². The zero-order valence-corrected chi connectivity index (χ0v) is 18.8. The van der Waals surface area contributed by atoms with E-state index in [1.807, 2.05) is 11.4 Å². The van der Waals surface area contributed by atoms with E-state index in [1.54, 1.807) is 13.1 Å². The van der Waals surface area contributed by atoms with E-state index >= 15 is 0 Å². The van der Waals surface area contributed by atoms with Gasteiger partial charge in [0.25, 0.3) is 0 Å². The van der Waals surface area contributed by atoms with Gasteiger partial charge < -0.3 is 40.0 Å². The first-order valence-electron chi connectivity index (χ1n) is 13.4. The molecule has 2 aromatic carbocycles. The highest BCUT2D eigenvalue weighted by Crippen LogP contribution is 2.38. The molecule has 0 amide bonds. The number of aliphatic hydroxyl groups excluding tert-OH is 3. The smallest absolute Gasteiger partial charge is 0.335 e. The normalized spacial score (nSPS) is 28.2. The molecule has 3 aromatic rings.